The molecule has 1 aromatic rings. The Morgan fingerprint density at radius 2 is 1.94 bits per heavy atom. The zero-order valence-electron chi connectivity index (χ0n) is 9.69. The molecule has 0 fully saturated rings. The van der Waals surface area contributed by atoms with Crippen LogP contribution < -0.4 is 11.1 Å². The Kier molecular flexibility index (Phi) is 8.19. The van der Waals surface area contributed by atoms with Crippen molar-refractivity contribution in [3.8, 4) is 5.75 Å². The van der Waals surface area contributed by atoms with Crippen LogP contribution in [0.1, 0.15) is 18.4 Å². The molecule has 0 aliphatic heterocycles. The highest BCUT2D eigenvalue weighted by atomic mass is 35.5. The van der Waals surface area contributed by atoms with Gasteiger partial charge >= 0.3 is 0 Å². The highest BCUT2D eigenvalue weighted by Gasteiger charge is 1.99. The van der Waals surface area contributed by atoms with Crippen LogP contribution in [0, 0.1) is 0 Å². The largest absolute Gasteiger partial charge is 0.508 e. The third kappa shape index (κ3) is 6.81. The Bertz CT molecular complexity index is 328. The molecule has 0 radical (unpaired) electrons. The van der Waals surface area contributed by atoms with Gasteiger partial charge in [-0.2, -0.15) is 0 Å². The average molecular weight is 259 g/mol. The standard InChI is InChI=1S/C12H18N2O2.ClH/c13-8-1-2-12(16)14-9-7-10-3-5-11(15)6-4-10;/h3-6,15H,1-2,7-9,13H2,(H,14,16);1H. The molecule has 0 atom stereocenters. The molecule has 4 N–H and O–H groups in total. The van der Waals surface area contributed by atoms with Crippen molar-refractivity contribution >= 4 is 18.3 Å². The molecule has 0 spiro atoms. The van der Waals surface area contributed by atoms with Crippen LogP contribution in [-0.2, 0) is 11.2 Å². The second-order valence-electron chi connectivity index (χ2n) is 3.66. The van der Waals surface area contributed by atoms with Crippen LogP contribution in [0.2, 0.25) is 0 Å². The van der Waals surface area contributed by atoms with Crippen LogP contribution in [-0.4, -0.2) is 24.1 Å². The molecule has 0 saturated carbocycles. The third-order valence-electron chi connectivity index (χ3n) is 2.28. The number of phenolic OH excluding ortho intramolecular Hbond substituents is 1. The number of halogens is 1. The predicted molar refractivity (Wildman–Crippen MR) is 70.4 cm³/mol. The van der Waals surface area contributed by atoms with E-state index in [1.54, 1.807) is 12.1 Å². The minimum atomic E-state index is 0. The number of amides is 1. The molecule has 0 aliphatic carbocycles. The minimum absolute atomic E-state index is 0. The van der Waals surface area contributed by atoms with Gasteiger partial charge in [0.15, 0.2) is 0 Å². The highest BCUT2D eigenvalue weighted by molar-refractivity contribution is 5.85. The second-order valence-corrected chi connectivity index (χ2v) is 3.66. The highest BCUT2D eigenvalue weighted by Crippen LogP contribution is 2.09. The minimum Gasteiger partial charge on any atom is -0.508 e. The summed E-state index contributed by atoms with van der Waals surface area (Å²) in [6.45, 7) is 1.17. The maximum Gasteiger partial charge on any atom is 0.220 e. The first-order chi connectivity index (χ1) is 7.72. The summed E-state index contributed by atoms with van der Waals surface area (Å²) in [5, 5.41) is 11.9. The summed E-state index contributed by atoms with van der Waals surface area (Å²) in [7, 11) is 0. The van der Waals surface area contributed by atoms with Crippen molar-refractivity contribution in [2.75, 3.05) is 13.1 Å². The summed E-state index contributed by atoms with van der Waals surface area (Å²) in [5.74, 6) is 0.306. The van der Waals surface area contributed by atoms with Crippen LogP contribution in [0.15, 0.2) is 24.3 Å². The fourth-order valence-electron chi connectivity index (χ4n) is 1.36. The summed E-state index contributed by atoms with van der Waals surface area (Å²) in [6, 6.07) is 6.99. The molecule has 1 aromatic carbocycles. The summed E-state index contributed by atoms with van der Waals surface area (Å²) in [6.07, 6.45) is 1.99. The molecule has 0 bridgehead atoms. The SMILES string of the molecule is Cl.NCCCC(=O)NCCc1ccc(O)cc1. The maximum atomic E-state index is 11.2. The lowest BCUT2D eigenvalue weighted by atomic mass is 10.1. The van der Waals surface area contributed by atoms with Crippen molar-refractivity contribution in [3.05, 3.63) is 29.8 Å². The maximum absolute atomic E-state index is 11.2. The second kappa shape index (κ2) is 8.84. The number of benzene rings is 1. The summed E-state index contributed by atoms with van der Waals surface area (Å²) in [5.41, 5.74) is 6.40. The van der Waals surface area contributed by atoms with Gasteiger partial charge in [0.1, 0.15) is 5.75 Å². The monoisotopic (exact) mass is 258 g/mol. The van der Waals surface area contributed by atoms with Crippen molar-refractivity contribution in [2.45, 2.75) is 19.3 Å². The first-order valence-corrected chi connectivity index (χ1v) is 5.47. The van der Waals surface area contributed by atoms with Gasteiger partial charge in [-0.25, -0.2) is 0 Å². The summed E-state index contributed by atoms with van der Waals surface area (Å²) in [4.78, 5) is 11.2. The number of phenols is 1. The number of carbonyl (C=O) groups is 1. The molecule has 0 saturated heterocycles. The predicted octanol–water partition coefficient (Wildman–Crippen LogP) is 1.21. The molecular formula is C12H19ClN2O2. The average Bonchev–Trinajstić information content (AvgIpc) is 2.29. The van der Waals surface area contributed by atoms with E-state index >= 15 is 0 Å². The van der Waals surface area contributed by atoms with Crippen LogP contribution >= 0.6 is 12.4 Å². The Morgan fingerprint density at radius 3 is 2.53 bits per heavy atom. The fraction of sp³-hybridized carbons (Fsp3) is 0.417. The lowest BCUT2D eigenvalue weighted by Gasteiger charge is -2.04. The van der Waals surface area contributed by atoms with Gasteiger partial charge in [-0.3, -0.25) is 4.79 Å². The molecule has 0 aromatic heterocycles. The first kappa shape index (κ1) is 15.7. The Balaban J connectivity index is 0.00000256. The van der Waals surface area contributed by atoms with E-state index in [9.17, 15) is 4.79 Å². The van der Waals surface area contributed by atoms with E-state index < -0.39 is 0 Å². The van der Waals surface area contributed by atoms with E-state index in [1.807, 2.05) is 12.1 Å². The number of hydrogen-bond acceptors (Lipinski definition) is 3. The van der Waals surface area contributed by atoms with E-state index in [0.717, 1.165) is 18.4 Å². The van der Waals surface area contributed by atoms with Gasteiger partial charge in [-0.05, 0) is 37.1 Å². The van der Waals surface area contributed by atoms with E-state index in [1.165, 1.54) is 0 Å². The van der Waals surface area contributed by atoms with Crippen LogP contribution in [0.4, 0.5) is 0 Å². The zero-order valence-corrected chi connectivity index (χ0v) is 10.5. The Morgan fingerprint density at radius 1 is 1.29 bits per heavy atom. The molecule has 1 amide bonds. The number of carbonyl (C=O) groups excluding carboxylic acids is 1. The molecule has 5 heteroatoms. The lowest BCUT2D eigenvalue weighted by Crippen LogP contribution is -2.25. The van der Waals surface area contributed by atoms with Crippen molar-refractivity contribution in [2.24, 2.45) is 5.73 Å². The summed E-state index contributed by atoms with van der Waals surface area (Å²) >= 11 is 0. The Labute approximate surface area is 108 Å². The topological polar surface area (TPSA) is 75.4 Å². The van der Waals surface area contributed by atoms with Gasteiger partial charge in [-0.15, -0.1) is 12.4 Å². The van der Waals surface area contributed by atoms with Gasteiger partial charge in [-0.1, -0.05) is 12.1 Å². The molecule has 4 nitrogen and oxygen atoms in total. The van der Waals surface area contributed by atoms with Crippen molar-refractivity contribution < 1.29 is 9.90 Å². The lowest BCUT2D eigenvalue weighted by molar-refractivity contribution is -0.121. The molecule has 0 aliphatic rings. The molecule has 96 valence electrons. The normalized spacial score (nSPS) is 9.47. The van der Waals surface area contributed by atoms with Crippen LogP contribution in [0.25, 0.3) is 0 Å². The van der Waals surface area contributed by atoms with Crippen molar-refractivity contribution in [1.29, 1.82) is 0 Å². The molecular weight excluding hydrogens is 240 g/mol. The first-order valence-electron chi connectivity index (χ1n) is 5.47. The van der Waals surface area contributed by atoms with Gasteiger partial charge in [0, 0.05) is 13.0 Å². The number of nitrogens with one attached hydrogen (secondary N) is 1. The van der Waals surface area contributed by atoms with E-state index in [4.69, 9.17) is 10.8 Å². The molecule has 0 unspecified atom stereocenters. The van der Waals surface area contributed by atoms with Gasteiger partial charge in [0.25, 0.3) is 0 Å². The van der Waals surface area contributed by atoms with Crippen molar-refractivity contribution in [1.82, 2.24) is 5.32 Å². The van der Waals surface area contributed by atoms with Crippen LogP contribution in [0.3, 0.4) is 0 Å². The Hall–Kier alpha value is -1.26. The van der Waals surface area contributed by atoms with E-state index in [-0.39, 0.29) is 24.1 Å². The third-order valence-corrected chi connectivity index (χ3v) is 2.28. The number of aromatic hydroxyl groups is 1. The smallest absolute Gasteiger partial charge is 0.220 e. The molecule has 0 heterocycles. The summed E-state index contributed by atoms with van der Waals surface area (Å²) < 4.78 is 0. The van der Waals surface area contributed by atoms with Gasteiger partial charge < -0.3 is 16.2 Å². The molecule has 17 heavy (non-hydrogen) atoms. The van der Waals surface area contributed by atoms with Crippen LogP contribution in [0.5, 0.6) is 5.75 Å². The number of nitrogens with two attached hydrogens (primary N) is 1. The number of hydrogen-bond donors (Lipinski definition) is 3. The van der Waals surface area contributed by atoms with Gasteiger partial charge in [0.05, 0.1) is 0 Å². The van der Waals surface area contributed by atoms with Crippen molar-refractivity contribution in [3.63, 3.8) is 0 Å². The zero-order chi connectivity index (χ0) is 11.8. The number of rotatable bonds is 6. The van der Waals surface area contributed by atoms with Gasteiger partial charge in [0.2, 0.25) is 5.91 Å². The molecule has 1 rings (SSSR count). The quantitative estimate of drug-likeness (QED) is 0.718. The van der Waals surface area contributed by atoms with E-state index in [2.05, 4.69) is 5.32 Å². The van der Waals surface area contributed by atoms with E-state index in [0.29, 0.717) is 19.5 Å². The fourth-order valence-corrected chi connectivity index (χ4v) is 1.36.